The smallest absolute Gasteiger partial charge is 0.311 e. The van der Waals surface area contributed by atoms with Gasteiger partial charge in [-0.25, -0.2) is 0 Å². The zero-order chi connectivity index (χ0) is 14.3. The van der Waals surface area contributed by atoms with Crippen LogP contribution < -0.4 is 10.2 Å². The van der Waals surface area contributed by atoms with Crippen LogP contribution in [0.2, 0.25) is 0 Å². The van der Waals surface area contributed by atoms with Crippen LogP contribution in [0.4, 0.5) is 18.9 Å². The maximum absolute atomic E-state index is 12.5. The van der Waals surface area contributed by atoms with E-state index in [1.807, 2.05) is 0 Å². The van der Waals surface area contributed by atoms with Crippen LogP contribution in [0.1, 0.15) is 24.8 Å². The number of hydrogen-bond donors (Lipinski definition) is 1. The third-order valence-electron chi connectivity index (χ3n) is 3.73. The number of carbonyl (C=O) groups is 1. The Bertz CT molecular complexity index is 508. The first kappa shape index (κ1) is 13.4. The molecule has 1 heterocycles. The summed E-state index contributed by atoms with van der Waals surface area (Å²) in [5.74, 6) is -0.0448. The van der Waals surface area contributed by atoms with Crippen molar-refractivity contribution in [3.8, 4) is 0 Å². The number of nitrogens with zero attached hydrogens (tertiary/aromatic N) is 1. The van der Waals surface area contributed by atoms with Gasteiger partial charge in [0.25, 0.3) is 0 Å². The quantitative estimate of drug-likeness (QED) is 0.925. The van der Waals surface area contributed by atoms with Gasteiger partial charge in [-0.05, 0) is 43.5 Å². The van der Waals surface area contributed by atoms with E-state index in [1.54, 1.807) is 4.90 Å². The van der Waals surface area contributed by atoms with Crippen LogP contribution >= 0.6 is 0 Å². The topological polar surface area (TPSA) is 32.3 Å². The highest BCUT2D eigenvalue weighted by atomic mass is 19.4. The summed E-state index contributed by atoms with van der Waals surface area (Å²) in [6.07, 6.45) is -1.44. The monoisotopic (exact) mass is 284 g/mol. The first-order valence-electron chi connectivity index (χ1n) is 6.70. The van der Waals surface area contributed by atoms with E-state index < -0.39 is 11.7 Å². The Morgan fingerprint density at radius 3 is 2.30 bits per heavy atom. The second-order valence-electron chi connectivity index (χ2n) is 5.32. The predicted molar refractivity (Wildman–Crippen MR) is 68.4 cm³/mol. The van der Waals surface area contributed by atoms with E-state index in [1.165, 1.54) is 12.1 Å². The molecule has 1 N–H and O–H groups in total. The number of benzene rings is 1. The van der Waals surface area contributed by atoms with Crippen LogP contribution in [0.3, 0.4) is 0 Å². The molecule has 1 atom stereocenters. The van der Waals surface area contributed by atoms with E-state index in [2.05, 4.69) is 5.32 Å². The molecule has 1 aliphatic heterocycles. The zero-order valence-electron chi connectivity index (χ0n) is 10.8. The fourth-order valence-electron chi connectivity index (χ4n) is 2.46. The Kier molecular flexibility index (Phi) is 3.20. The molecule has 6 heteroatoms. The molecule has 1 aromatic carbocycles. The molecule has 3 rings (SSSR count). The molecule has 108 valence electrons. The molecule has 0 bridgehead atoms. The van der Waals surface area contributed by atoms with Crippen LogP contribution in [0.25, 0.3) is 0 Å². The van der Waals surface area contributed by atoms with Gasteiger partial charge in [0.15, 0.2) is 0 Å². The molecule has 20 heavy (non-hydrogen) atoms. The van der Waals surface area contributed by atoms with Gasteiger partial charge in [-0.1, -0.05) is 0 Å². The third kappa shape index (κ3) is 2.65. The molecule has 1 amide bonds. The normalized spacial score (nSPS) is 23.4. The number of halogens is 3. The summed E-state index contributed by atoms with van der Waals surface area (Å²) >= 11 is 0. The molecule has 1 aromatic rings. The van der Waals surface area contributed by atoms with Gasteiger partial charge in [0, 0.05) is 18.3 Å². The van der Waals surface area contributed by atoms with E-state index in [0.717, 1.165) is 25.0 Å². The summed E-state index contributed by atoms with van der Waals surface area (Å²) in [6, 6.07) is 5.01. The minimum atomic E-state index is -4.34. The highest BCUT2D eigenvalue weighted by Gasteiger charge is 2.36. The second-order valence-corrected chi connectivity index (χ2v) is 5.32. The van der Waals surface area contributed by atoms with Gasteiger partial charge < -0.3 is 10.2 Å². The summed E-state index contributed by atoms with van der Waals surface area (Å²) in [6.45, 7) is 0.550. The van der Waals surface area contributed by atoms with Crippen molar-refractivity contribution in [1.29, 1.82) is 0 Å². The van der Waals surface area contributed by atoms with E-state index >= 15 is 0 Å². The van der Waals surface area contributed by atoms with Gasteiger partial charge in [-0.15, -0.1) is 0 Å². The average Bonchev–Trinajstić information content (AvgIpc) is 3.14. The van der Waals surface area contributed by atoms with Gasteiger partial charge in [0.2, 0.25) is 5.91 Å². The molecule has 2 fully saturated rings. The van der Waals surface area contributed by atoms with Crippen molar-refractivity contribution in [1.82, 2.24) is 5.32 Å². The largest absolute Gasteiger partial charge is 0.416 e. The van der Waals surface area contributed by atoms with Crippen molar-refractivity contribution in [3.63, 3.8) is 0 Å². The summed E-state index contributed by atoms with van der Waals surface area (Å²) in [5.41, 5.74) is -0.163. The molecule has 2 aliphatic rings. The van der Waals surface area contributed by atoms with E-state index in [4.69, 9.17) is 0 Å². The van der Waals surface area contributed by atoms with Crippen molar-refractivity contribution in [2.75, 3.05) is 11.4 Å². The lowest BCUT2D eigenvalue weighted by molar-refractivity contribution is -0.137. The van der Waals surface area contributed by atoms with Crippen LogP contribution in [-0.4, -0.2) is 24.5 Å². The van der Waals surface area contributed by atoms with E-state index in [0.29, 0.717) is 24.7 Å². The van der Waals surface area contributed by atoms with Crippen LogP contribution in [0, 0.1) is 0 Å². The Balaban J connectivity index is 1.71. The van der Waals surface area contributed by atoms with Crippen LogP contribution in [0.15, 0.2) is 24.3 Å². The number of rotatable bonds is 3. The minimum absolute atomic E-state index is 0.0448. The van der Waals surface area contributed by atoms with Crippen molar-refractivity contribution >= 4 is 11.6 Å². The van der Waals surface area contributed by atoms with Crippen LogP contribution in [0.5, 0.6) is 0 Å². The molecule has 3 nitrogen and oxygen atoms in total. The molecule has 1 aliphatic carbocycles. The van der Waals surface area contributed by atoms with E-state index in [9.17, 15) is 18.0 Å². The fourth-order valence-corrected chi connectivity index (χ4v) is 2.46. The standard InChI is InChI=1S/C14H15F3N2O/c15-14(16,17)9-1-5-11(6-2-9)19-8-7-12(13(19)20)18-10-3-4-10/h1-2,5-6,10,12,18H,3-4,7-8H2. The summed E-state index contributed by atoms with van der Waals surface area (Å²) in [7, 11) is 0. The molecule has 1 saturated carbocycles. The van der Waals surface area contributed by atoms with Gasteiger partial charge in [0.05, 0.1) is 11.6 Å². The first-order chi connectivity index (χ1) is 9.45. The summed E-state index contributed by atoms with van der Waals surface area (Å²) in [4.78, 5) is 13.7. The lowest BCUT2D eigenvalue weighted by atomic mass is 10.2. The molecule has 0 aromatic heterocycles. The Hall–Kier alpha value is -1.56. The average molecular weight is 284 g/mol. The molecule has 1 saturated heterocycles. The summed E-state index contributed by atoms with van der Waals surface area (Å²) < 4.78 is 37.5. The molecular formula is C14H15F3N2O. The highest BCUT2D eigenvalue weighted by molar-refractivity contribution is 5.99. The maximum atomic E-state index is 12.5. The Morgan fingerprint density at radius 2 is 1.75 bits per heavy atom. The molecular weight excluding hydrogens is 269 g/mol. The zero-order valence-corrected chi connectivity index (χ0v) is 10.8. The summed E-state index contributed by atoms with van der Waals surface area (Å²) in [5, 5.41) is 3.27. The van der Waals surface area contributed by atoms with Crippen molar-refractivity contribution in [2.45, 2.75) is 37.5 Å². The third-order valence-corrected chi connectivity index (χ3v) is 3.73. The van der Waals surface area contributed by atoms with Crippen molar-refractivity contribution in [2.24, 2.45) is 0 Å². The van der Waals surface area contributed by atoms with Crippen molar-refractivity contribution < 1.29 is 18.0 Å². The van der Waals surface area contributed by atoms with Crippen molar-refractivity contribution in [3.05, 3.63) is 29.8 Å². The number of nitrogens with one attached hydrogen (secondary N) is 1. The predicted octanol–water partition coefficient (Wildman–Crippen LogP) is 2.56. The Morgan fingerprint density at radius 1 is 1.10 bits per heavy atom. The van der Waals surface area contributed by atoms with Gasteiger partial charge in [0.1, 0.15) is 0 Å². The van der Waals surface area contributed by atoms with Gasteiger partial charge in [-0.2, -0.15) is 13.2 Å². The van der Waals surface area contributed by atoms with Gasteiger partial charge >= 0.3 is 6.18 Å². The number of anilines is 1. The fraction of sp³-hybridized carbons (Fsp3) is 0.500. The lowest BCUT2D eigenvalue weighted by Crippen LogP contribution is -2.39. The number of hydrogen-bond acceptors (Lipinski definition) is 2. The molecule has 0 spiro atoms. The van der Waals surface area contributed by atoms with Crippen LogP contribution in [-0.2, 0) is 11.0 Å². The number of carbonyl (C=O) groups excluding carboxylic acids is 1. The maximum Gasteiger partial charge on any atom is 0.416 e. The first-order valence-corrected chi connectivity index (χ1v) is 6.70. The highest BCUT2D eigenvalue weighted by Crippen LogP contribution is 2.31. The molecule has 1 unspecified atom stereocenters. The second kappa shape index (κ2) is 4.77. The minimum Gasteiger partial charge on any atom is -0.311 e. The number of alkyl halides is 3. The lowest BCUT2D eigenvalue weighted by Gasteiger charge is -2.18. The SMILES string of the molecule is O=C1C(NC2CC2)CCN1c1ccc(C(F)(F)F)cc1. The van der Waals surface area contributed by atoms with E-state index in [-0.39, 0.29) is 11.9 Å². The number of amides is 1. The van der Waals surface area contributed by atoms with Gasteiger partial charge in [-0.3, -0.25) is 4.79 Å². The molecule has 0 radical (unpaired) electrons. The Labute approximate surface area is 114 Å².